The second-order valence-corrected chi connectivity index (χ2v) is 12.2. The Bertz CT molecular complexity index is 2140. The third-order valence-electron chi connectivity index (χ3n) is 9.63. The zero-order valence-corrected chi connectivity index (χ0v) is 23.8. The Morgan fingerprint density at radius 3 is 1.95 bits per heavy atom. The number of para-hydroxylation sites is 4. The molecule has 0 bridgehead atoms. The van der Waals surface area contributed by atoms with Gasteiger partial charge in [-0.25, -0.2) is 0 Å². The molecule has 6 aromatic carbocycles. The van der Waals surface area contributed by atoms with Crippen molar-refractivity contribution in [1.82, 2.24) is 4.57 Å². The van der Waals surface area contributed by atoms with Gasteiger partial charge in [0, 0.05) is 44.5 Å². The molecule has 0 amide bonds. The summed E-state index contributed by atoms with van der Waals surface area (Å²) in [7, 11) is 0. The van der Waals surface area contributed by atoms with Crippen molar-refractivity contribution in [1.29, 1.82) is 0 Å². The van der Waals surface area contributed by atoms with Crippen molar-refractivity contribution < 1.29 is 0 Å². The monoisotopic (exact) mass is 536 g/mol. The summed E-state index contributed by atoms with van der Waals surface area (Å²) in [6.07, 6.45) is 0. The summed E-state index contributed by atoms with van der Waals surface area (Å²) in [4.78, 5) is 2.38. The highest BCUT2D eigenvalue weighted by atomic mass is 15.1. The Hall–Kier alpha value is -5.02. The summed E-state index contributed by atoms with van der Waals surface area (Å²) in [5.74, 6) is 0. The van der Waals surface area contributed by atoms with Crippen LogP contribution in [0.25, 0.3) is 27.5 Å². The second kappa shape index (κ2) is 8.50. The fraction of sp³-hybridized carbons (Fsp3) is 0.0769. The number of aromatic nitrogens is 1. The molecular formula is C39H29BN2. The third-order valence-corrected chi connectivity index (χ3v) is 9.63. The lowest BCUT2D eigenvalue weighted by molar-refractivity contribution is 0.646. The van der Waals surface area contributed by atoms with Crippen LogP contribution in [-0.2, 0) is 5.41 Å². The highest BCUT2D eigenvalue weighted by Gasteiger charge is 2.45. The molecule has 9 rings (SSSR count). The lowest BCUT2D eigenvalue weighted by atomic mass is 9.30. The minimum atomic E-state index is -0.133. The average Bonchev–Trinajstić information content (AvgIpc) is 3.38. The van der Waals surface area contributed by atoms with Gasteiger partial charge in [0.05, 0.1) is 5.52 Å². The van der Waals surface area contributed by atoms with Gasteiger partial charge in [0.25, 0.3) is 0 Å². The van der Waals surface area contributed by atoms with Crippen molar-refractivity contribution in [3.8, 4) is 5.69 Å². The van der Waals surface area contributed by atoms with Crippen LogP contribution in [0, 0.1) is 0 Å². The van der Waals surface area contributed by atoms with Crippen LogP contribution in [0.3, 0.4) is 0 Å². The Kier molecular flexibility index (Phi) is 4.79. The van der Waals surface area contributed by atoms with Crippen molar-refractivity contribution in [2.75, 3.05) is 4.90 Å². The fourth-order valence-electron chi connectivity index (χ4n) is 7.83. The van der Waals surface area contributed by atoms with Crippen LogP contribution in [0.15, 0.2) is 140 Å². The molecule has 0 radical (unpaired) electrons. The highest BCUT2D eigenvalue weighted by molar-refractivity contribution is 6.99. The lowest BCUT2D eigenvalue weighted by Gasteiger charge is -2.42. The van der Waals surface area contributed by atoms with Gasteiger partial charge in [-0.2, -0.15) is 0 Å². The summed E-state index contributed by atoms with van der Waals surface area (Å²) in [5.41, 5.74) is 14.4. The van der Waals surface area contributed by atoms with Crippen LogP contribution in [-0.4, -0.2) is 11.3 Å². The first-order chi connectivity index (χ1) is 20.6. The topological polar surface area (TPSA) is 8.17 Å². The maximum Gasteiger partial charge on any atom is 0.247 e. The molecule has 3 heteroatoms. The Labute approximate surface area is 246 Å². The van der Waals surface area contributed by atoms with E-state index in [0.29, 0.717) is 0 Å². The molecule has 7 aromatic rings. The molecule has 42 heavy (non-hydrogen) atoms. The van der Waals surface area contributed by atoms with Gasteiger partial charge in [-0.05, 0) is 70.6 Å². The summed E-state index contributed by atoms with van der Waals surface area (Å²) in [6.45, 7) is 4.96. The Morgan fingerprint density at radius 2 is 1.19 bits per heavy atom. The predicted molar refractivity (Wildman–Crippen MR) is 179 cm³/mol. The lowest BCUT2D eigenvalue weighted by Crippen LogP contribution is -2.63. The van der Waals surface area contributed by atoms with Crippen molar-refractivity contribution in [3.63, 3.8) is 0 Å². The van der Waals surface area contributed by atoms with E-state index in [4.69, 9.17) is 0 Å². The molecule has 0 saturated carbocycles. The first-order valence-corrected chi connectivity index (χ1v) is 14.8. The molecule has 0 N–H and O–H groups in total. The number of nitrogens with zero attached hydrogens (tertiary/aromatic N) is 2. The number of fused-ring (bicyclic) bond motifs is 8. The predicted octanol–water partition coefficient (Wildman–Crippen LogP) is 7.72. The van der Waals surface area contributed by atoms with Gasteiger partial charge in [-0.3, -0.25) is 0 Å². The normalized spacial score (nSPS) is 14.1. The largest absolute Gasteiger partial charge is 0.311 e. The van der Waals surface area contributed by atoms with Gasteiger partial charge < -0.3 is 9.47 Å². The maximum absolute atomic E-state index is 2.53. The zero-order valence-electron chi connectivity index (χ0n) is 23.8. The van der Waals surface area contributed by atoms with Crippen molar-refractivity contribution in [2.24, 2.45) is 0 Å². The van der Waals surface area contributed by atoms with Crippen molar-refractivity contribution in [3.05, 3.63) is 151 Å². The molecule has 3 heterocycles. The van der Waals surface area contributed by atoms with Gasteiger partial charge in [0.15, 0.2) is 0 Å². The van der Waals surface area contributed by atoms with Crippen LogP contribution in [0.4, 0.5) is 17.1 Å². The number of hydrogen-bond acceptors (Lipinski definition) is 1. The van der Waals surface area contributed by atoms with E-state index in [1.807, 2.05) is 0 Å². The summed E-state index contributed by atoms with van der Waals surface area (Å²) < 4.78 is 2.53. The zero-order chi connectivity index (χ0) is 28.0. The maximum atomic E-state index is 2.53. The second-order valence-electron chi connectivity index (χ2n) is 12.2. The minimum Gasteiger partial charge on any atom is -0.311 e. The standard InChI is InChI=1S/C39H29BN2/c1-39(2)31-23-21-28(41(26-13-5-3-6-14-26)27-15-7-4-8-16-27)25-34(31)40-33-18-10-12-20-36(33)42-35-19-11-9-17-29(35)30-22-24-32(39)37(40)38(30)42/h3-25H,1-2H3. The molecule has 0 unspecified atom stereocenters. The molecule has 2 aliphatic heterocycles. The molecular weight excluding hydrogens is 507 g/mol. The number of benzene rings is 6. The highest BCUT2D eigenvalue weighted by Crippen LogP contribution is 2.42. The van der Waals surface area contributed by atoms with Crippen LogP contribution in [0.2, 0.25) is 0 Å². The SMILES string of the molecule is CC1(C)c2ccc(N(c3ccccc3)c3ccccc3)cc2B2c3ccccc3-n3c4ccccc4c4ccc1c2c43. The summed E-state index contributed by atoms with van der Waals surface area (Å²) in [6, 6.07) is 51.3. The number of anilines is 3. The van der Waals surface area contributed by atoms with Gasteiger partial charge in [-0.15, -0.1) is 0 Å². The third kappa shape index (κ3) is 3.06. The van der Waals surface area contributed by atoms with E-state index in [9.17, 15) is 0 Å². The van der Waals surface area contributed by atoms with Gasteiger partial charge in [0.1, 0.15) is 0 Å². The summed E-state index contributed by atoms with van der Waals surface area (Å²) >= 11 is 0. The van der Waals surface area contributed by atoms with Crippen LogP contribution in [0.5, 0.6) is 0 Å². The van der Waals surface area contributed by atoms with E-state index in [1.165, 1.54) is 60.7 Å². The van der Waals surface area contributed by atoms with E-state index in [0.717, 1.165) is 11.4 Å². The molecule has 2 aliphatic rings. The Balaban J connectivity index is 1.38. The van der Waals surface area contributed by atoms with Crippen molar-refractivity contribution >= 4 is 62.0 Å². The Morgan fingerprint density at radius 1 is 0.548 bits per heavy atom. The average molecular weight is 536 g/mol. The molecule has 0 saturated heterocycles. The smallest absolute Gasteiger partial charge is 0.247 e. The van der Waals surface area contributed by atoms with E-state index in [-0.39, 0.29) is 12.1 Å². The number of rotatable bonds is 3. The van der Waals surface area contributed by atoms with E-state index < -0.39 is 0 Å². The first-order valence-electron chi connectivity index (χ1n) is 14.8. The van der Waals surface area contributed by atoms with Crippen LogP contribution >= 0.6 is 0 Å². The molecule has 0 spiro atoms. The van der Waals surface area contributed by atoms with Crippen LogP contribution < -0.4 is 21.3 Å². The van der Waals surface area contributed by atoms with E-state index in [2.05, 4.69) is 163 Å². The van der Waals surface area contributed by atoms with Crippen LogP contribution in [0.1, 0.15) is 25.0 Å². The number of hydrogen-bond donors (Lipinski definition) is 0. The van der Waals surface area contributed by atoms with E-state index in [1.54, 1.807) is 0 Å². The molecule has 0 fully saturated rings. The fourth-order valence-corrected chi connectivity index (χ4v) is 7.83. The van der Waals surface area contributed by atoms with E-state index >= 15 is 0 Å². The summed E-state index contributed by atoms with van der Waals surface area (Å²) in [5, 5.41) is 2.66. The van der Waals surface area contributed by atoms with Crippen molar-refractivity contribution in [2.45, 2.75) is 19.3 Å². The molecule has 0 atom stereocenters. The first kappa shape index (κ1) is 23.7. The molecule has 2 nitrogen and oxygen atoms in total. The van der Waals surface area contributed by atoms with Gasteiger partial charge in [-0.1, -0.05) is 110 Å². The minimum absolute atomic E-state index is 0.133. The van der Waals surface area contributed by atoms with Gasteiger partial charge in [0.2, 0.25) is 6.71 Å². The molecule has 198 valence electrons. The molecule has 0 aliphatic carbocycles. The van der Waals surface area contributed by atoms with Gasteiger partial charge >= 0.3 is 0 Å². The molecule has 1 aromatic heterocycles. The quantitative estimate of drug-likeness (QED) is 0.210.